The van der Waals surface area contributed by atoms with Crippen LogP contribution in [0.5, 0.6) is 5.88 Å². The van der Waals surface area contributed by atoms with Crippen LogP contribution in [0.1, 0.15) is 31.2 Å². The first-order chi connectivity index (χ1) is 20.2. The van der Waals surface area contributed by atoms with Gasteiger partial charge in [0.25, 0.3) is 0 Å². The first kappa shape index (κ1) is 28.8. The van der Waals surface area contributed by atoms with Gasteiger partial charge >= 0.3 is 12.2 Å². The highest BCUT2D eigenvalue weighted by molar-refractivity contribution is 5.99. The van der Waals surface area contributed by atoms with Gasteiger partial charge in [-0.05, 0) is 62.7 Å². The number of rotatable bonds is 8. The van der Waals surface area contributed by atoms with Crippen molar-refractivity contribution in [3.05, 3.63) is 70.9 Å². The van der Waals surface area contributed by atoms with E-state index in [0.29, 0.717) is 23.4 Å². The number of nitrogens with two attached hydrogens (primary N) is 1. The summed E-state index contributed by atoms with van der Waals surface area (Å²) in [6.45, 7) is 2.85. The largest absolute Gasteiger partial charge is 0.477 e. The van der Waals surface area contributed by atoms with Crippen molar-refractivity contribution in [1.29, 1.82) is 0 Å². The maximum atomic E-state index is 13.7. The van der Waals surface area contributed by atoms with E-state index in [1.54, 1.807) is 35.0 Å². The lowest BCUT2D eigenvalue weighted by atomic mass is 10.1. The van der Waals surface area contributed by atoms with Crippen LogP contribution in [0.3, 0.4) is 0 Å². The number of pyridine rings is 2. The number of fused-ring (bicyclic) bond motifs is 1. The normalized spacial score (nSPS) is 14.1. The number of amides is 2. The average Bonchev–Trinajstić information content (AvgIpc) is 2.97. The van der Waals surface area contributed by atoms with E-state index in [1.165, 1.54) is 18.8 Å². The Bertz CT molecular complexity index is 1620. The van der Waals surface area contributed by atoms with Crippen molar-refractivity contribution in [1.82, 2.24) is 24.4 Å². The summed E-state index contributed by atoms with van der Waals surface area (Å²) in [4.78, 5) is 38.9. The Morgan fingerprint density at radius 2 is 1.74 bits per heavy atom. The summed E-state index contributed by atoms with van der Waals surface area (Å²) in [5, 5.41) is 5.13. The lowest BCUT2D eigenvalue weighted by Gasteiger charge is -2.26. The van der Waals surface area contributed by atoms with Crippen LogP contribution in [0.15, 0.2) is 59.9 Å². The van der Waals surface area contributed by atoms with E-state index in [1.807, 2.05) is 0 Å². The van der Waals surface area contributed by atoms with Gasteiger partial charge in [-0.15, -0.1) is 0 Å². The molecule has 0 radical (unpaired) electrons. The molecule has 3 aromatic heterocycles. The van der Waals surface area contributed by atoms with Gasteiger partial charge in [0.15, 0.2) is 11.1 Å². The molecular formula is C28H29F3N8O3. The molecule has 4 aromatic rings. The minimum atomic E-state index is -4.72. The molecular weight excluding hydrogens is 553 g/mol. The Morgan fingerprint density at radius 3 is 2.48 bits per heavy atom. The molecule has 2 amide bonds. The molecule has 1 fully saturated rings. The molecule has 1 aromatic carbocycles. The standard InChI is InChI=1S/C28H29F3N8O3/c29-28(30,31)21-15-19(16-33-26(21)42-14-4-12-38-10-2-1-3-11-38)37-27(41)36-18-5-7-20(8-6-18)39-13-9-22(40)23-24(32)34-17-35-25(23)39/h5-9,13,15-17H,1-4,10-12,14H2,(H2,32,34,35)(H2,36,37,41). The Hall–Kier alpha value is -4.72. The van der Waals surface area contributed by atoms with Crippen LogP contribution < -0.4 is 26.5 Å². The molecule has 1 aliphatic rings. The van der Waals surface area contributed by atoms with E-state index in [0.717, 1.165) is 44.7 Å². The molecule has 220 valence electrons. The van der Waals surface area contributed by atoms with Crippen molar-refractivity contribution >= 4 is 34.3 Å². The quantitative estimate of drug-likeness (QED) is 0.255. The molecule has 0 unspecified atom stereocenters. The van der Waals surface area contributed by atoms with E-state index in [4.69, 9.17) is 10.5 Å². The summed E-state index contributed by atoms with van der Waals surface area (Å²) in [6.07, 6.45) is 3.25. The van der Waals surface area contributed by atoms with Gasteiger partial charge in [0.05, 0.1) is 18.5 Å². The lowest BCUT2D eigenvalue weighted by molar-refractivity contribution is -0.139. The third-order valence-electron chi connectivity index (χ3n) is 6.83. The number of ether oxygens (including phenoxy) is 1. The molecule has 14 heteroatoms. The number of carbonyl (C=O) groups excluding carboxylic acids is 1. The number of alkyl halides is 3. The number of anilines is 3. The number of aromatic nitrogens is 4. The number of benzene rings is 1. The predicted molar refractivity (Wildman–Crippen MR) is 152 cm³/mol. The zero-order chi connectivity index (χ0) is 29.7. The van der Waals surface area contributed by atoms with Crippen LogP contribution in [0.4, 0.5) is 35.2 Å². The van der Waals surface area contributed by atoms with Crippen LogP contribution >= 0.6 is 0 Å². The van der Waals surface area contributed by atoms with Gasteiger partial charge in [-0.2, -0.15) is 13.2 Å². The molecule has 0 spiro atoms. The summed E-state index contributed by atoms with van der Waals surface area (Å²) in [7, 11) is 0. The molecule has 4 heterocycles. The fraction of sp³-hybridized carbons (Fsp3) is 0.321. The van der Waals surface area contributed by atoms with Gasteiger partial charge in [0, 0.05) is 30.2 Å². The van der Waals surface area contributed by atoms with Gasteiger partial charge in [-0.25, -0.2) is 19.7 Å². The number of piperidine rings is 1. The number of likely N-dealkylation sites (tertiary alicyclic amines) is 1. The Kier molecular flexibility index (Phi) is 8.52. The molecule has 0 saturated carbocycles. The first-order valence-electron chi connectivity index (χ1n) is 13.4. The Balaban J connectivity index is 1.22. The predicted octanol–water partition coefficient (Wildman–Crippen LogP) is 4.68. The van der Waals surface area contributed by atoms with Crippen LogP contribution in [0.25, 0.3) is 16.7 Å². The Morgan fingerprint density at radius 1 is 1.00 bits per heavy atom. The molecule has 0 bridgehead atoms. The van der Waals surface area contributed by atoms with E-state index < -0.39 is 23.7 Å². The molecule has 1 aliphatic heterocycles. The third-order valence-corrected chi connectivity index (χ3v) is 6.83. The summed E-state index contributed by atoms with van der Waals surface area (Å²) < 4.78 is 48.2. The fourth-order valence-electron chi connectivity index (χ4n) is 4.79. The van der Waals surface area contributed by atoms with Crippen molar-refractivity contribution < 1.29 is 22.7 Å². The van der Waals surface area contributed by atoms with Crippen molar-refractivity contribution in [3.8, 4) is 11.6 Å². The molecule has 42 heavy (non-hydrogen) atoms. The second kappa shape index (κ2) is 12.4. The monoisotopic (exact) mass is 582 g/mol. The number of hydrogen-bond donors (Lipinski definition) is 3. The summed E-state index contributed by atoms with van der Waals surface area (Å²) in [6, 6.07) is 7.88. The van der Waals surface area contributed by atoms with E-state index in [-0.39, 0.29) is 28.9 Å². The van der Waals surface area contributed by atoms with E-state index in [9.17, 15) is 22.8 Å². The number of nitrogen functional groups attached to an aromatic ring is 1. The second-order valence-electron chi connectivity index (χ2n) is 9.81. The molecule has 4 N–H and O–H groups in total. The zero-order valence-corrected chi connectivity index (χ0v) is 22.5. The highest BCUT2D eigenvalue weighted by Crippen LogP contribution is 2.36. The number of urea groups is 1. The smallest absolute Gasteiger partial charge is 0.421 e. The number of carbonyl (C=O) groups is 1. The number of hydrogen-bond acceptors (Lipinski definition) is 8. The topological polar surface area (TPSA) is 140 Å². The Labute approximate surface area is 238 Å². The van der Waals surface area contributed by atoms with E-state index in [2.05, 4.69) is 30.5 Å². The van der Waals surface area contributed by atoms with E-state index >= 15 is 0 Å². The van der Waals surface area contributed by atoms with Crippen molar-refractivity contribution in [2.45, 2.75) is 31.9 Å². The zero-order valence-electron chi connectivity index (χ0n) is 22.5. The van der Waals surface area contributed by atoms with Crippen LogP contribution in [0, 0.1) is 0 Å². The summed E-state index contributed by atoms with van der Waals surface area (Å²) in [5.41, 5.74) is 5.62. The van der Waals surface area contributed by atoms with Gasteiger partial charge in [0.1, 0.15) is 23.1 Å². The highest BCUT2D eigenvalue weighted by Gasteiger charge is 2.36. The second-order valence-corrected chi connectivity index (χ2v) is 9.81. The van der Waals surface area contributed by atoms with Crippen LogP contribution in [0.2, 0.25) is 0 Å². The highest BCUT2D eigenvalue weighted by atomic mass is 19.4. The molecule has 11 nitrogen and oxygen atoms in total. The van der Waals surface area contributed by atoms with Crippen LogP contribution in [-0.2, 0) is 6.18 Å². The molecule has 1 saturated heterocycles. The molecule has 0 atom stereocenters. The van der Waals surface area contributed by atoms with Gasteiger partial charge in [0.2, 0.25) is 5.88 Å². The maximum absolute atomic E-state index is 13.7. The number of halogens is 3. The van der Waals surface area contributed by atoms with Gasteiger partial charge in [-0.1, -0.05) is 6.42 Å². The average molecular weight is 583 g/mol. The molecule has 5 rings (SSSR count). The SMILES string of the molecule is Nc1ncnc2c1c(=O)ccn2-c1ccc(NC(=O)Nc2cnc(OCCCN3CCCCC3)c(C(F)(F)F)c2)cc1. The van der Waals surface area contributed by atoms with Crippen molar-refractivity contribution in [3.63, 3.8) is 0 Å². The molecule has 0 aliphatic carbocycles. The summed E-state index contributed by atoms with van der Waals surface area (Å²) in [5.74, 6) is -0.463. The first-order valence-corrected chi connectivity index (χ1v) is 13.4. The lowest BCUT2D eigenvalue weighted by Crippen LogP contribution is -2.31. The minimum Gasteiger partial charge on any atom is -0.477 e. The minimum absolute atomic E-state index is 0.0601. The van der Waals surface area contributed by atoms with Gasteiger partial charge < -0.3 is 30.6 Å². The third kappa shape index (κ3) is 6.77. The number of nitrogens with zero attached hydrogens (tertiary/aromatic N) is 5. The van der Waals surface area contributed by atoms with Crippen molar-refractivity contribution in [2.75, 3.05) is 42.6 Å². The fourth-order valence-corrected chi connectivity index (χ4v) is 4.79. The summed E-state index contributed by atoms with van der Waals surface area (Å²) >= 11 is 0. The number of nitrogens with one attached hydrogen (secondary N) is 2. The van der Waals surface area contributed by atoms with Gasteiger partial charge in [-0.3, -0.25) is 4.79 Å². The van der Waals surface area contributed by atoms with Crippen molar-refractivity contribution in [2.24, 2.45) is 0 Å². The van der Waals surface area contributed by atoms with Crippen LogP contribution in [-0.4, -0.2) is 56.7 Å². The maximum Gasteiger partial charge on any atom is 0.421 e.